The molecular formula is C13H19NO5S. The van der Waals surface area contributed by atoms with Crippen LogP contribution in [0, 0.1) is 0 Å². The highest BCUT2D eigenvalue weighted by atomic mass is 32.2. The number of sulfonamides is 1. The SMILES string of the molecule is CCCCS(=O)(=O)NC(C(=O)O)C(O)c1ccccc1. The number of benzene rings is 1. The topological polar surface area (TPSA) is 104 Å². The Balaban J connectivity index is 2.88. The van der Waals surface area contributed by atoms with E-state index in [-0.39, 0.29) is 5.75 Å². The van der Waals surface area contributed by atoms with Gasteiger partial charge in [-0.2, -0.15) is 4.72 Å². The van der Waals surface area contributed by atoms with Crippen molar-refractivity contribution in [1.82, 2.24) is 4.72 Å². The molecule has 6 nitrogen and oxygen atoms in total. The first-order chi connectivity index (χ1) is 9.37. The molecule has 1 rings (SSSR count). The summed E-state index contributed by atoms with van der Waals surface area (Å²) < 4.78 is 25.6. The first-order valence-electron chi connectivity index (χ1n) is 6.33. The molecule has 2 unspecified atom stereocenters. The lowest BCUT2D eigenvalue weighted by molar-refractivity contribution is -0.141. The zero-order chi connectivity index (χ0) is 15.2. The number of carboxylic acids is 1. The number of unbranched alkanes of at least 4 members (excludes halogenated alkanes) is 1. The van der Waals surface area contributed by atoms with Crippen molar-refractivity contribution in [2.45, 2.75) is 31.9 Å². The minimum absolute atomic E-state index is 0.158. The molecule has 0 fully saturated rings. The van der Waals surface area contributed by atoms with Crippen LogP contribution in [0.1, 0.15) is 31.4 Å². The fourth-order valence-electron chi connectivity index (χ4n) is 1.68. The highest BCUT2D eigenvalue weighted by Gasteiger charge is 2.31. The molecule has 0 saturated heterocycles. The Morgan fingerprint density at radius 1 is 1.30 bits per heavy atom. The van der Waals surface area contributed by atoms with E-state index in [4.69, 9.17) is 5.11 Å². The second kappa shape index (κ2) is 7.37. The monoisotopic (exact) mass is 301 g/mol. The van der Waals surface area contributed by atoms with Gasteiger partial charge in [0.2, 0.25) is 10.0 Å². The van der Waals surface area contributed by atoms with E-state index in [2.05, 4.69) is 0 Å². The molecule has 112 valence electrons. The van der Waals surface area contributed by atoms with E-state index in [1.165, 1.54) is 0 Å². The molecule has 3 N–H and O–H groups in total. The largest absolute Gasteiger partial charge is 0.480 e. The van der Waals surface area contributed by atoms with Crippen molar-refractivity contribution in [3.63, 3.8) is 0 Å². The summed E-state index contributed by atoms with van der Waals surface area (Å²) in [7, 11) is -3.73. The van der Waals surface area contributed by atoms with E-state index in [1.54, 1.807) is 30.3 Å². The van der Waals surface area contributed by atoms with Gasteiger partial charge >= 0.3 is 5.97 Å². The molecule has 0 aliphatic rings. The van der Waals surface area contributed by atoms with Crippen molar-refractivity contribution < 1.29 is 23.4 Å². The van der Waals surface area contributed by atoms with E-state index >= 15 is 0 Å². The Hall–Kier alpha value is -1.44. The van der Waals surface area contributed by atoms with Gasteiger partial charge in [-0.1, -0.05) is 43.7 Å². The smallest absolute Gasteiger partial charge is 0.324 e. The van der Waals surface area contributed by atoms with Gasteiger partial charge in [-0.15, -0.1) is 0 Å². The van der Waals surface area contributed by atoms with E-state index in [1.807, 2.05) is 11.6 Å². The van der Waals surface area contributed by atoms with E-state index in [0.717, 1.165) is 0 Å². The molecule has 0 aliphatic carbocycles. The van der Waals surface area contributed by atoms with Gasteiger partial charge in [-0.3, -0.25) is 4.79 Å². The number of carbonyl (C=O) groups is 1. The molecule has 0 spiro atoms. The standard InChI is InChI=1S/C13H19NO5S/c1-2-3-9-20(18,19)14-11(13(16)17)12(15)10-7-5-4-6-8-10/h4-8,11-12,14-15H,2-3,9H2,1H3,(H,16,17). The summed E-state index contributed by atoms with van der Waals surface area (Å²) in [6.07, 6.45) is -0.326. The van der Waals surface area contributed by atoms with Crippen molar-refractivity contribution in [1.29, 1.82) is 0 Å². The molecule has 20 heavy (non-hydrogen) atoms. The van der Waals surface area contributed by atoms with Gasteiger partial charge in [-0.25, -0.2) is 8.42 Å². The van der Waals surface area contributed by atoms with Gasteiger partial charge in [0.05, 0.1) is 5.75 Å². The molecule has 0 bridgehead atoms. The molecule has 0 radical (unpaired) electrons. The Morgan fingerprint density at radius 3 is 2.40 bits per heavy atom. The zero-order valence-corrected chi connectivity index (χ0v) is 12.0. The van der Waals surface area contributed by atoms with E-state index < -0.39 is 28.1 Å². The number of aliphatic carboxylic acids is 1. The van der Waals surface area contributed by atoms with E-state index in [9.17, 15) is 18.3 Å². The summed E-state index contributed by atoms with van der Waals surface area (Å²) in [4.78, 5) is 11.2. The highest BCUT2D eigenvalue weighted by molar-refractivity contribution is 7.89. The van der Waals surface area contributed by atoms with Crippen molar-refractivity contribution >= 4 is 16.0 Å². The summed E-state index contributed by atoms with van der Waals surface area (Å²) in [6.45, 7) is 1.84. The summed E-state index contributed by atoms with van der Waals surface area (Å²) in [5.74, 6) is -1.57. The fraction of sp³-hybridized carbons (Fsp3) is 0.462. The van der Waals surface area contributed by atoms with Crippen LogP contribution in [-0.2, 0) is 14.8 Å². The van der Waals surface area contributed by atoms with Crippen LogP contribution in [-0.4, -0.2) is 36.4 Å². The molecular weight excluding hydrogens is 282 g/mol. The number of hydrogen-bond acceptors (Lipinski definition) is 4. The minimum atomic E-state index is -3.73. The highest BCUT2D eigenvalue weighted by Crippen LogP contribution is 2.17. The van der Waals surface area contributed by atoms with Crippen molar-refractivity contribution in [3.05, 3.63) is 35.9 Å². The maximum Gasteiger partial charge on any atom is 0.324 e. The first kappa shape index (κ1) is 16.6. The van der Waals surface area contributed by atoms with Gasteiger partial charge in [0.25, 0.3) is 0 Å². The molecule has 0 aromatic heterocycles. The van der Waals surface area contributed by atoms with Crippen LogP contribution in [0.2, 0.25) is 0 Å². The van der Waals surface area contributed by atoms with Gasteiger partial charge in [0, 0.05) is 0 Å². The molecule has 7 heteroatoms. The van der Waals surface area contributed by atoms with Crippen LogP contribution in [0.5, 0.6) is 0 Å². The Labute approximate surface area is 118 Å². The van der Waals surface area contributed by atoms with Crippen LogP contribution < -0.4 is 4.72 Å². The molecule has 2 atom stereocenters. The number of carboxylic acid groups (broad SMARTS) is 1. The predicted molar refractivity (Wildman–Crippen MR) is 74.7 cm³/mol. The third kappa shape index (κ3) is 4.92. The number of aliphatic hydroxyl groups is 1. The number of nitrogens with one attached hydrogen (secondary N) is 1. The molecule has 0 amide bonds. The van der Waals surface area contributed by atoms with Crippen molar-refractivity contribution in [2.24, 2.45) is 0 Å². The first-order valence-corrected chi connectivity index (χ1v) is 7.98. The molecule has 1 aromatic rings. The Morgan fingerprint density at radius 2 is 1.90 bits per heavy atom. The van der Waals surface area contributed by atoms with Crippen LogP contribution in [0.4, 0.5) is 0 Å². The van der Waals surface area contributed by atoms with Gasteiger partial charge in [0.15, 0.2) is 0 Å². The van der Waals surface area contributed by atoms with Gasteiger partial charge in [0.1, 0.15) is 12.1 Å². The molecule has 1 aromatic carbocycles. The quantitative estimate of drug-likeness (QED) is 0.661. The molecule has 0 heterocycles. The van der Waals surface area contributed by atoms with Crippen LogP contribution >= 0.6 is 0 Å². The van der Waals surface area contributed by atoms with Crippen molar-refractivity contribution in [2.75, 3.05) is 5.75 Å². The maximum atomic E-state index is 11.8. The molecule has 0 saturated carbocycles. The van der Waals surface area contributed by atoms with Crippen LogP contribution in [0.3, 0.4) is 0 Å². The summed E-state index contributed by atoms with van der Waals surface area (Å²) in [5, 5.41) is 19.1. The average molecular weight is 301 g/mol. The summed E-state index contributed by atoms with van der Waals surface area (Å²) in [5.41, 5.74) is 0.345. The Kier molecular flexibility index (Phi) is 6.12. The van der Waals surface area contributed by atoms with Crippen LogP contribution in [0.25, 0.3) is 0 Å². The lowest BCUT2D eigenvalue weighted by Crippen LogP contribution is -2.45. The summed E-state index contributed by atoms with van der Waals surface area (Å²) >= 11 is 0. The lowest BCUT2D eigenvalue weighted by atomic mass is 10.0. The van der Waals surface area contributed by atoms with Gasteiger partial charge in [-0.05, 0) is 12.0 Å². The minimum Gasteiger partial charge on any atom is -0.480 e. The number of hydrogen-bond donors (Lipinski definition) is 3. The number of rotatable bonds is 8. The van der Waals surface area contributed by atoms with Crippen molar-refractivity contribution in [3.8, 4) is 0 Å². The summed E-state index contributed by atoms with van der Waals surface area (Å²) in [6, 6.07) is 6.49. The lowest BCUT2D eigenvalue weighted by Gasteiger charge is -2.20. The third-order valence-corrected chi connectivity index (χ3v) is 4.24. The fourth-order valence-corrected chi connectivity index (χ4v) is 3.08. The second-order valence-electron chi connectivity index (χ2n) is 4.46. The molecule has 0 aliphatic heterocycles. The predicted octanol–water partition coefficient (Wildman–Crippen LogP) is 0.893. The Bertz CT molecular complexity index is 529. The van der Waals surface area contributed by atoms with Gasteiger partial charge < -0.3 is 10.2 Å². The average Bonchev–Trinajstić information content (AvgIpc) is 2.43. The number of aliphatic hydroxyl groups excluding tert-OH is 1. The zero-order valence-electron chi connectivity index (χ0n) is 11.2. The second-order valence-corrected chi connectivity index (χ2v) is 6.34. The van der Waals surface area contributed by atoms with Crippen LogP contribution in [0.15, 0.2) is 30.3 Å². The maximum absolute atomic E-state index is 11.8. The normalized spacial score (nSPS) is 14.7. The van der Waals surface area contributed by atoms with E-state index in [0.29, 0.717) is 18.4 Å². The third-order valence-electron chi connectivity index (χ3n) is 2.80.